The van der Waals surface area contributed by atoms with Crippen molar-refractivity contribution in [3.8, 4) is 0 Å². The molecule has 60 valence electrons. The molecule has 0 N–H and O–H groups in total. The van der Waals surface area contributed by atoms with Gasteiger partial charge in [-0.05, 0) is 20.3 Å². The van der Waals surface area contributed by atoms with Crippen LogP contribution in [0.2, 0.25) is 0 Å². The van der Waals surface area contributed by atoms with Crippen LogP contribution in [0.5, 0.6) is 0 Å². The Bertz CT molecular complexity index is 97.4. The average Bonchev–Trinajstić information content (AvgIpc) is 1.85. The van der Waals surface area contributed by atoms with Crippen LogP contribution in [0, 0.1) is 0 Å². The highest BCUT2D eigenvalue weighted by molar-refractivity contribution is 5.79. The standard InChI is InChI=1S/C8H16O2/c1-4-5-8(9)6-10-7(2)3/h7H,4-6H2,1-3H3. The van der Waals surface area contributed by atoms with Crippen LogP contribution in [-0.4, -0.2) is 18.5 Å². The second-order valence-corrected chi connectivity index (χ2v) is 2.65. The van der Waals surface area contributed by atoms with Crippen LogP contribution in [-0.2, 0) is 9.53 Å². The lowest BCUT2D eigenvalue weighted by Crippen LogP contribution is -2.12. The minimum atomic E-state index is 0.167. The van der Waals surface area contributed by atoms with Crippen molar-refractivity contribution in [2.45, 2.75) is 39.7 Å². The van der Waals surface area contributed by atoms with Crippen molar-refractivity contribution >= 4 is 5.78 Å². The molecule has 0 radical (unpaired) electrons. The van der Waals surface area contributed by atoms with Gasteiger partial charge < -0.3 is 4.74 Å². The summed E-state index contributed by atoms with van der Waals surface area (Å²) in [4.78, 5) is 10.8. The van der Waals surface area contributed by atoms with Gasteiger partial charge in [0.2, 0.25) is 0 Å². The molecule has 0 fully saturated rings. The van der Waals surface area contributed by atoms with Gasteiger partial charge in [-0.3, -0.25) is 4.79 Å². The van der Waals surface area contributed by atoms with E-state index in [9.17, 15) is 4.79 Å². The summed E-state index contributed by atoms with van der Waals surface area (Å²) in [6, 6.07) is 0. The van der Waals surface area contributed by atoms with Crippen molar-refractivity contribution in [3.63, 3.8) is 0 Å². The highest BCUT2D eigenvalue weighted by atomic mass is 16.5. The monoisotopic (exact) mass is 144 g/mol. The number of hydrogen-bond acceptors (Lipinski definition) is 2. The highest BCUT2D eigenvalue weighted by Gasteiger charge is 2.00. The van der Waals surface area contributed by atoms with Gasteiger partial charge >= 0.3 is 0 Å². The summed E-state index contributed by atoms with van der Waals surface area (Å²) in [5, 5.41) is 0. The van der Waals surface area contributed by atoms with Crippen molar-refractivity contribution in [2.24, 2.45) is 0 Å². The number of ether oxygens (including phenoxy) is 1. The minimum Gasteiger partial charge on any atom is -0.371 e. The first-order valence-electron chi connectivity index (χ1n) is 3.80. The van der Waals surface area contributed by atoms with Gasteiger partial charge in [-0.1, -0.05) is 6.92 Å². The van der Waals surface area contributed by atoms with Crippen molar-refractivity contribution in [3.05, 3.63) is 0 Å². The van der Waals surface area contributed by atoms with Gasteiger partial charge in [-0.15, -0.1) is 0 Å². The summed E-state index contributed by atoms with van der Waals surface area (Å²) < 4.78 is 5.11. The number of hydrogen-bond donors (Lipinski definition) is 0. The van der Waals surface area contributed by atoms with E-state index in [-0.39, 0.29) is 18.5 Å². The Labute approximate surface area is 62.6 Å². The van der Waals surface area contributed by atoms with Gasteiger partial charge in [0.1, 0.15) is 6.61 Å². The van der Waals surface area contributed by atoms with E-state index >= 15 is 0 Å². The third kappa shape index (κ3) is 5.76. The fourth-order valence-electron chi connectivity index (χ4n) is 0.611. The first-order valence-corrected chi connectivity index (χ1v) is 3.80. The Balaban J connectivity index is 3.22. The van der Waals surface area contributed by atoms with Crippen LogP contribution in [0.25, 0.3) is 0 Å². The summed E-state index contributed by atoms with van der Waals surface area (Å²) in [6.45, 7) is 6.14. The zero-order valence-corrected chi connectivity index (χ0v) is 7.02. The molecule has 0 saturated heterocycles. The summed E-state index contributed by atoms with van der Waals surface area (Å²) in [6.07, 6.45) is 1.73. The van der Waals surface area contributed by atoms with Crippen LogP contribution in [0.3, 0.4) is 0 Å². The Kier molecular flexibility index (Phi) is 5.22. The Morgan fingerprint density at radius 1 is 1.50 bits per heavy atom. The topological polar surface area (TPSA) is 26.3 Å². The van der Waals surface area contributed by atoms with E-state index in [1.165, 1.54) is 0 Å². The molecule has 2 nitrogen and oxygen atoms in total. The third-order valence-corrected chi connectivity index (χ3v) is 1.11. The maximum absolute atomic E-state index is 10.8. The zero-order valence-electron chi connectivity index (χ0n) is 7.02. The van der Waals surface area contributed by atoms with E-state index in [1.807, 2.05) is 20.8 Å². The van der Waals surface area contributed by atoms with Gasteiger partial charge in [-0.2, -0.15) is 0 Å². The largest absolute Gasteiger partial charge is 0.371 e. The normalized spacial score (nSPS) is 10.4. The van der Waals surface area contributed by atoms with Gasteiger partial charge in [0.05, 0.1) is 6.10 Å². The van der Waals surface area contributed by atoms with Crippen LogP contribution >= 0.6 is 0 Å². The summed E-state index contributed by atoms with van der Waals surface area (Å²) >= 11 is 0. The second kappa shape index (κ2) is 5.42. The van der Waals surface area contributed by atoms with Crippen LogP contribution < -0.4 is 0 Å². The number of ketones is 1. The van der Waals surface area contributed by atoms with Crippen molar-refractivity contribution in [1.82, 2.24) is 0 Å². The first-order chi connectivity index (χ1) is 4.66. The number of Topliss-reactive ketones (excluding diaryl/α,β-unsaturated/α-hetero) is 1. The molecule has 0 aliphatic rings. The molecule has 0 rings (SSSR count). The summed E-state index contributed by atoms with van der Waals surface area (Å²) in [7, 11) is 0. The summed E-state index contributed by atoms with van der Waals surface area (Å²) in [5.74, 6) is 0.205. The molecular weight excluding hydrogens is 128 g/mol. The van der Waals surface area contributed by atoms with E-state index in [0.717, 1.165) is 6.42 Å². The minimum absolute atomic E-state index is 0.167. The molecule has 0 spiro atoms. The van der Waals surface area contributed by atoms with E-state index in [4.69, 9.17) is 4.74 Å². The van der Waals surface area contributed by atoms with Gasteiger partial charge in [-0.25, -0.2) is 0 Å². The lowest BCUT2D eigenvalue weighted by molar-refractivity contribution is -0.124. The number of carbonyl (C=O) groups excluding carboxylic acids is 1. The van der Waals surface area contributed by atoms with E-state index in [2.05, 4.69) is 0 Å². The lowest BCUT2D eigenvalue weighted by atomic mass is 10.2. The predicted molar refractivity (Wildman–Crippen MR) is 41.0 cm³/mol. The molecule has 0 heterocycles. The second-order valence-electron chi connectivity index (χ2n) is 2.65. The molecule has 0 aromatic heterocycles. The lowest BCUT2D eigenvalue weighted by Gasteiger charge is -2.04. The molecule has 0 amide bonds. The molecular formula is C8H16O2. The molecule has 0 aromatic carbocycles. The first kappa shape index (κ1) is 9.63. The van der Waals surface area contributed by atoms with Crippen LogP contribution in [0.4, 0.5) is 0 Å². The smallest absolute Gasteiger partial charge is 0.158 e. The van der Waals surface area contributed by atoms with Crippen LogP contribution in [0.1, 0.15) is 33.6 Å². The average molecular weight is 144 g/mol. The SMILES string of the molecule is CCCC(=O)COC(C)C. The maximum atomic E-state index is 10.8. The molecule has 0 aliphatic carbocycles. The molecule has 2 heteroatoms. The number of carbonyl (C=O) groups is 1. The third-order valence-electron chi connectivity index (χ3n) is 1.11. The predicted octanol–water partition coefficient (Wildman–Crippen LogP) is 1.78. The van der Waals surface area contributed by atoms with Crippen molar-refractivity contribution in [1.29, 1.82) is 0 Å². The van der Waals surface area contributed by atoms with Gasteiger partial charge in [0.15, 0.2) is 5.78 Å². The summed E-state index contributed by atoms with van der Waals surface area (Å²) in [5.41, 5.74) is 0. The Hall–Kier alpha value is -0.370. The Morgan fingerprint density at radius 3 is 2.50 bits per heavy atom. The van der Waals surface area contributed by atoms with Gasteiger partial charge in [0, 0.05) is 6.42 Å². The van der Waals surface area contributed by atoms with Crippen LogP contribution in [0.15, 0.2) is 0 Å². The Morgan fingerprint density at radius 2 is 2.10 bits per heavy atom. The highest BCUT2D eigenvalue weighted by Crippen LogP contribution is 1.93. The zero-order chi connectivity index (χ0) is 7.98. The van der Waals surface area contributed by atoms with E-state index < -0.39 is 0 Å². The van der Waals surface area contributed by atoms with Crippen molar-refractivity contribution in [2.75, 3.05) is 6.61 Å². The van der Waals surface area contributed by atoms with E-state index in [0.29, 0.717) is 6.42 Å². The molecule has 0 aromatic rings. The molecule has 0 atom stereocenters. The molecule has 0 saturated carbocycles. The molecule has 10 heavy (non-hydrogen) atoms. The molecule has 0 unspecified atom stereocenters. The van der Waals surface area contributed by atoms with Gasteiger partial charge in [0.25, 0.3) is 0 Å². The van der Waals surface area contributed by atoms with Crippen molar-refractivity contribution < 1.29 is 9.53 Å². The quantitative estimate of drug-likeness (QED) is 0.588. The molecule has 0 bridgehead atoms. The van der Waals surface area contributed by atoms with E-state index in [1.54, 1.807) is 0 Å². The molecule has 0 aliphatic heterocycles. The number of rotatable bonds is 5. The fourth-order valence-corrected chi connectivity index (χ4v) is 0.611. The maximum Gasteiger partial charge on any atom is 0.158 e. The fraction of sp³-hybridized carbons (Fsp3) is 0.875.